The first-order valence-corrected chi connectivity index (χ1v) is 7.45. The van der Waals surface area contributed by atoms with Crippen molar-refractivity contribution in [1.82, 2.24) is 14.9 Å². The van der Waals surface area contributed by atoms with E-state index in [1.165, 1.54) is 4.88 Å². The lowest BCUT2D eigenvalue weighted by Gasteiger charge is -2.23. The molecule has 0 radical (unpaired) electrons. The molecule has 6 heteroatoms. The smallest absolute Gasteiger partial charge is 0.271 e. The molecule has 0 unspecified atom stereocenters. The summed E-state index contributed by atoms with van der Waals surface area (Å²) in [4.78, 5) is 17.4. The topological polar surface area (TPSA) is 72.9 Å². The average molecular weight is 292 g/mol. The monoisotopic (exact) mass is 292 g/mol. The second-order valence-corrected chi connectivity index (χ2v) is 6.28. The molecule has 0 aliphatic rings. The Labute approximate surface area is 122 Å². The molecule has 2 aromatic heterocycles. The molecule has 0 saturated heterocycles. The third-order valence-corrected chi connectivity index (χ3v) is 4.37. The van der Waals surface area contributed by atoms with E-state index in [2.05, 4.69) is 30.2 Å². The fraction of sp³-hybridized carbons (Fsp3) is 0.429. The Morgan fingerprint density at radius 2 is 2.35 bits per heavy atom. The standard InChI is InChI=1S/C14H20N4OS/c1-14(2,12-4-3-7-20-12)9-16-13(19)11-8-18(6-5-15)10-17-11/h3-4,7-8,10H,5-6,9,15H2,1-2H3,(H,16,19). The maximum absolute atomic E-state index is 12.1. The van der Waals surface area contributed by atoms with Crippen LogP contribution < -0.4 is 11.1 Å². The number of thiophene rings is 1. The number of nitrogens with two attached hydrogens (primary N) is 1. The van der Waals surface area contributed by atoms with Gasteiger partial charge in [-0.05, 0) is 11.4 Å². The second kappa shape index (κ2) is 6.19. The molecule has 3 N–H and O–H groups in total. The molecular formula is C14H20N4OS. The summed E-state index contributed by atoms with van der Waals surface area (Å²) >= 11 is 1.70. The normalized spacial score (nSPS) is 11.6. The van der Waals surface area contributed by atoms with Crippen molar-refractivity contribution in [1.29, 1.82) is 0 Å². The maximum Gasteiger partial charge on any atom is 0.271 e. The van der Waals surface area contributed by atoms with Crippen molar-refractivity contribution < 1.29 is 4.79 Å². The zero-order chi connectivity index (χ0) is 14.6. The van der Waals surface area contributed by atoms with Crippen LogP contribution in [0.25, 0.3) is 0 Å². The minimum Gasteiger partial charge on any atom is -0.350 e. The van der Waals surface area contributed by atoms with Crippen LogP contribution in [-0.2, 0) is 12.0 Å². The van der Waals surface area contributed by atoms with Crippen molar-refractivity contribution in [2.75, 3.05) is 13.1 Å². The molecule has 0 atom stereocenters. The summed E-state index contributed by atoms with van der Waals surface area (Å²) in [6.07, 6.45) is 3.35. The van der Waals surface area contributed by atoms with Gasteiger partial charge in [0.15, 0.2) is 0 Å². The number of imidazole rings is 1. The highest BCUT2D eigenvalue weighted by Crippen LogP contribution is 2.26. The van der Waals surface area contributed by atoms with Gasteiger partial charge in [0.25, 0.3) is 5.91 Å². The van der Waals surface area contributed by atoms with Gasteiger partial charge < -0.3 is 15.6 Å². The van der Waals surface area contributed by atoms with Crippen LogP contribution in [0.5, 0.6) is 0 Å². The molecule has 0 bridgehead atoms. The number of rotatable bonds is 6. The van der Waals surface area contributed by atoms with Crippen LogP contribution in [-0.4, -0.2) is 28.5 Å². The number of amides is 1. The van der Waals surface area contributed by atoms with Gasteiger partial charge in [-0.3, -0.25) is 4.79 Å². The van der Waals surface area contributed by atoms with Gasteiger partial charge in [0, 0.05) is 36.1 Å². The highest BCUT2D eigenvalue weighted by atomic mass is 32.1. The predicted molar refractivity (Wildman–Crippen MR) is 81.0 cm³/mol. The van der Waals surface area contributed by atoms with Gasteiger partial charge in [-0.1, -0.05) is 19.9 Å². The molecule has 108 valence electrons. The lowest BCUT2D eigenvalue weighted by atomic mass is 9.91. The number of hydrogen-bond donors (Lipinski definition) is 2. The van der Waals surface area contributed by atoms with Gasteiger partial charge in [0.2, 0.25) is 0 Å². The molecule has 0 aliphatic carbocycles. The van der Waals surface area contributed by atoms with Crippen LogP contribution in [0.1, 0.15) is 29.2 Å². The van der Waals surface area contributed by atoms with E-state index in [9.17, 15) is 4.79 Å². The highest BCUT2D eigenvalue weighted by molar-refractivity contribution is 7.10. The Balaban J connectivity index is 1.94. The summed E-state index contributed by atoms with van der Waals surface area (Å²) in [6.45, 7) is 6.01. The molecule has 0 spiro atoms. The highest BCUT2D eigenvalue weighted by Gasteiger charge is 2.23. The van der Waals surface area contributed by atoms with E-state index in [0.717, 1.165) is 0 Å². The average Bonchev–Trinajstić information content (AvgIpc) is 3.07. The van der Waals surface area contributed by atoms with Crippen molar-refractivity contribution in [2.45, 2.75) is 25.8 Å². The molecule has 20 heavy (non-hydrogen) atoms. The molecule has 1 amide bonds. The summed E-state index contributed by atoms with van der Waals surface area (Å²) in [5.41, 5.74) is 5.82. The van der Waals surface area contributed by atoms with Gasteiger partial charge >= 0.3 is 0 Å². The lowest BCUT2D eigenvalue weighted by molar-refractivity contribution is 0.0941. The number of carbonyl (C=O) groups excluding carboxylic acids is 1. The second-order valence-electron chi connectivity index (χ2n) is 5.33. The number of carbonyl (C=O) groups is 1. The van der Waals surface area contributed by atoms with Crippen molar-refractivity contribution >= 4 is 17.2 Å². The summed E-state index contributed by atoms with van der Waals surface area (Å²) in [5, 5.41) is 4.99. The summed E-state index contributed by atoms with van der Waals surface area (Å²) in [6, 6.07) is 4.12. The molecule has 0 saturated carbocycles. The third kappa shape index (κ3) is 3.46. The van der Waals surface area contributed by atoms with E-state index in [-0.39, 0.29) is 11.3 Å². The molecule has 2 aromatic rings. The maximum atomic E-state index is 12.1. The van der Waals surface area contributed by atoms with Crippen LogP contribution in [0.4, 0.5) is 0 Å². The zero-order valence-electron chi connectivity index (χ0n) is 11.8. The third-order valence-electron chi connectivity index (χ3n) is 3.13. The fourth-order valence-corrected chi connectivity index (χ4v) is 2.74. The molecule has 0 aromatic carbocycles. The lowest BCUT2D eigenvalue weighted by Crippen LogP contribution is -2.36. The van der Waals surface area contributed by atoms with Gasteiger partial charge in [-0.25, -0.2) is 4.98 Å². The fourth-order valence-electron chi connectivity index (χ4n) is 1.89. The quantitative estimate of drug-likeness (QED) is 0.849. The van der Waals surface area contributed by atoms with Gasteiger partial charge in [-0.2, -0.15) is 0 Å². The first-order chi connectivity index (χ1) is 9.53. The van der Waals surface area contributed by atoms with E-state index < -0.39 is 0 Å². The molecule has 0 fully saturated rings. The molecule has 2 heterocycles. The Hall–Kier alpha value is -1.66. The summed E-state index contributed by atoms with van der Waals surface area (Å²) in [5.74, 6) is -0.148. The first-order valence-electron chi connectivity index (χ1n) is 6.57. The van der Waals surface area contributed by atoms with E-state index in [1.54, 1.807) is 23.9 Å². The van der Waals surface area contributed by atoms with Gasteiger partial charge in [0.1, 0.15) is 5.69 Å². The number of aromatic nitrogens is 2. The largest absolute Gasteiger partial charge is 0.350 e. The summed E-state index contributed by atoms with van der Waals surface area (Å²) in [7, 11) is 0. The van der Waals surface area contributed by atoms with E-state index in [4.69, 9.17) is 5.73 Å². The van der Waals surface area contributed by atoms with Gasteiger partial charge in [0.05, 0.1) is 6.33 Å². The van der Waals surface area contributed by atoms with Crippen molar-refractivity contribution in [3.8, 4) is 0 Å². The Kier molecular flexibility index (Phi) is 4.57. The summed E-state index contributed by atoms with van der Waals surface area (Å²) < 4.78 is 1.82. The van der Waals surface area contributed by atoms with Crippen molar-refractivity contribution in [3.63, 3.8) is 0 Å². The van der Waals surface area contributed by atoms with E-state index >= 15 is 0 Å². The Bertz CT molecular complexity index is 560. The van der Waals surface area contributed by atoms with Crippen molar-refractivity contribution in [3.05, 3.63) is 40.6 Å². The minimum atomic E-state index is -0.148. The SMILES string of the molecule is CC(C)(CNC(=O)c1cn(CCN)cn1)c1cccs1. The van der Waals surface area contributed by atoms with E-state index in [0.29, 0.717) is 25.3 Å². The zero-order valence-corrected chi connectivity index (χ0v) is 12.6. The Morgan fingerprint density at radius 3 is 3.00 bits per heavy atom. The predicted octanol–water partition coefficient (Wildman–Crippen LogP) is 1.61. The molecule has 2 rings (SSSR count). The molecular weight excluding hydrogens is 272 g/mol. The molecule has 0 aliphatic heterocycles. The van der Waals surface area contributed by atoms with E-state index in [1.807, 2.05) is 16.0 Å². The van der Waals surface area contributed by atoms with Crippen LogP contribution >= 0.6 is 11.3 Å². The number of nitrogens with one attached hydrogen (secondary N) is 1. The Morgan fingerprint density at radius 1 is 1.55 bits per heavy atom. The van der Waals surface area contributed by atoms with Crippen LogP contribution in [0.3, 0.4) is 0 Å². The van der Waals surface area contributed by atoms with Crippen LogP contribution in [0, 0.1) is 0 Å². The number of nitrogens with zero attached hydrogens (tertiary/aromatic N) is 2. The first kappa shape index (κ1) is 14.7. The van der Waals surface area contributed by atoms with Crippen LogP contribution in [0.2, 0.25) is 0 Å². The van der Waals surface area contributed by atoms with Gasteiger partial charge in [-0.15, -0.1) is 11.3 Å². The molecule has 5 nitrogen and oxygen atoms in total. The van der Waals surface area contributed by atoms with Crippen LogP contribution in [0.15, 0.2) is 30.0 Å². The number of hydrogen-bond acceptors (Lipinski definition) is 4. The van der Waals surface area contributed by atoms with Crippen molar-refractivity contribution in [2.24, 2.45) is 5.73 Å². The minimum absolute atomic E-state index is 0.0797.